The van der Waals surface area contributed by atoms with Crippen LogP contribution in [0.25, 0.3) is 10.9 Å². The zero-order chi connectivity index (χ0) is 22.5. The highest BCUT2D eigenvalue weighted by molar-refractivity contribution is 5.93. The molecule has 2 amide bonds. The number of hydrogen-bond acceptors (Lipinski definition) is 3. The average molecular weight is 434 g/mol. The van der Waals surface area contributed by atoms with Gasteiger partial charge >= 0.3 is 0 Å². The predicted octanol–water partition coefficient (Wildman–Crippen LogP) is 3.52. The third kappa shape index (κ3) is 3.92. The number of rotatable bonds is 4. The number of amides is 2. The quantitative estimate of drug-likeness (QED) is 0.684. The van der Waals surface area contributed by atoms with E-state index in [1.54, 1.807) is 0 Å². The van der Waals surface area contributed by atoms with Gasteiger partial charge in [0.15, 0.2) is 0 Å². The molecule has 1 aliphatic heterocycles. The zero-order valence-electron chi connectivity index (χ0n) is 19.1. The molecule has 7 heteroatoms. The molecule has 0 unspecified atom stereocenters. The second-order valence-electron chi connectivity index (χ2n) is 10.0. The molecule has 7 nitrogen and oxygen atoms in total. The number of carbonyl (C=O) groups is 2. The minimum absolute atomic E-state index is 0.0167. The minimum Gasteiger partial charge on any atom is -0.361 e. The lowest BCUT2D eigenvalue weighted by Crippen LogP contribution is -2.51. The van der Waals surface area contributed by atoms with E-state index in [1.807, 2.05) is 51.0 Å². The Morgan fingerprint density at radius 3 is 2.44 bits per heavy atom. The van der Waals surface area contributed by atoms with E-state index >= 15 is 0 Å². The Morgan fingerprint density at radius 1 is 1.06 bits per heavy atom. The summed E-state index contributed by atoms with van der Waals surface area (Å²) in [5, 5.41) is 5.86. The van der Waals surface area contributed by atoms with Gasteiger partial charge in [0.05, 0.1) is 17.7 Å². The van der Waals surface area contributed by atoms with E-state index in [0.29, 0.717) is 44.2 Å². The number of aromatic nitrogens is 3. The summed E-state index contributed by atoms with van der Waals surface area (Å²) < 4.78 is 1.89. The monoisotopic (exact) mass is 433 g/mol. The van der Waals surface area contributed by atoms with Gasteiger partial charge in [0.1, 0.15) is 5.69 Å². The van der Waals surface area contributed by atoms with Gasteiger partial charge in [-0.15, -0.1) is 0 Å². The molecule has 32 heavy (non-hydrogen) atoms. The molecular formula is C25H31N5O2. The van der Waals surface area contributed by atoms with Gasteiger partial charge in [-0.25, -0.2) is 0 Å². The number of fused-ring (bicyclic) bond motifs is 1. The molecule has 2 fully saturated rings. The highest BCUT2D eigenvalue weighted by Crippen LogP contribution is 2.40. The fourth-order valence-corrected chi connectivity index (χ4v) is 4.52. The van der Waals surface area contributed by atoms with Crippen LogP contribution in [-0.4, -0.2) is 62.6 Å². The van der Waals surface area contributed by atoms with Crippen molar-refractivity contribution in [3.05, 3.63) is 53.5 Å². The largest absolute Gasteiger partial charge is 0.361 e. The summed E-state index contributed by atoms with van der Waals surface area (Å²) in [6, 6.07) is 10.0. The molecule has 1 aromatic carbocycles. The van der Waals surface area contributed by atoms with Crippen molar-refractivity contribution >= 4 is 22.7 Å². The second-order valence-corrected chi connectivity index (χ2v) is 10.0. The average Bonchev–Trinajstić information content (AvgIpc) is 3.39. The van der Waals surface area contributed by atoms with E-state index in [2.05, 4.69) is 25.8 Å². The van der Waals surface area contributed by atoms with Crippen LogP contribution in [0.5, 0.6) is 0 Å². The van der Waals surface area contributed by atoms with Crippen LogP contribution in [0, 0.1) is 0 Å². The first kappa shape index (κ1) is 20.8. The summed E-state index contributed by atoms with van der Waals surface area (Å²) in [7, 11) is 0. The van der Waals surface area contributed by atoms with Crippen molar-refractivity contribution in [2.45, 2.75) is 51.5 Å². The first-order valence-corrected chi connectivity index (χ1v) is 11.5. The molecule has 1 saturated carbocycles. The van der Waals surface area contributed by atoms with Crippen LogP contribution >= 0.6 is 0 Å². The Bertz CT molecular complexity index is 1160. The van der Waals surface area contributed by atoms with Gasteiger partial charge in [0, 0.05) is 49.2 Å². The molecule has 5 rings (SSSR count). The van der Waals surface area contributed by atoms with E-state index in [1.165, 1.54) is 0 Å². The lowest BCUT2D eigenvalue weighted by atomic mass is 10.1. The summed E-state index contributed by atoms with van der Waals surface area (Å²) in [5.41, 5.74) is 3.52. The van der Waals surface area contributed by atoms with Crippen molar-refractivity contribution in [1.82, 2.24) is 24.6 Å². The Morgan fingerprint density at radius 2 is 1.75 bits per heavy atom. The first-order valence-electron chi connectivity index (χ1n) is 11.5. The maximum atomic E-state index is 13.4. The highest BCUT2D eigenvalue weighted by atomic mass is 16.2. The number of nitrogens with one attached hydrogen (secondary N) is 1. The fourth-order valence-electron chi connectivity index (χ4n) is 4.52. The Labute approximate surface area is 188 Å². The third-order valence-electron chi connectivity index (χ3n) is 6.51. The molecule has 3 heterocycles. The zero-order valence-corrected chi connectivity index (χ0v) is 19.1. The topological polar surface area (TPSA) is 74.2 Å². The SMILES string of the molecule is CC(C)(C)n1nc(C2CC2)cc1C(=O)N1CCN(C(=O)Cc2c[nH]c3ccccc23)CC1. The lowest BCUT2D eigenvalue weighted by Gasteiger charge is -2.35. The van der Waals surface area contributed by atoms with Crippen molar-refractivity contribution in [2.24, 2.45) is 0 Å². The molecule has 168 valence electrons. The predicted molar refractivity (Wildman–Crippen MR) is 124 cm³/mol. The van der Waals surface area contributed by atoms with Crippen LogP contribution in [-0.2, 0) is 16.8 Å². The maximum absolute atomic E-state index is 13.4. The van der Waals surface area contributed by atoms with Gasteiger partial charge < -0.3 is 14.8 Å². The smallest absolute Gasteiger partial charge is 0.272 e. The van der Waals surface area contributed by atoms with Crippen molar-refractivity contribution in [3.8, 4) is 0 Å². The molecule has 2 aliphatic rings. The third-order valence-corrected chi connectivity index (χ3v) is 6.51. The Kier molecular flexibility index (Phi) is 5.07. The van der Waals surface area contributed by atoms with Crippen LogP contribution in [0.4, 0.5) is 0 Å². The van der Waals surface area contributed by atoms with Crippen LogP contribution < -0.4 is 0 Å². The van der Waals surface area contributed by atoms with Gasteiger partial charge in [0.25, 0.3) is 5.91 Å². The van der Waals surface area contributed by atoms with Gasteiger partial charge in [-0.2, -0.15) is 5.10 Å². The van der Waals surface area contributed by atoms with Gasteiger partial charge in [-0.05, 0) is 51.3 Å². The molecule has 0 radical (unpaired) electrons. The van der Waals surface area contributed by atoms with E-state index in [4.69, 9.17) is 5.10 Å². The molecule has 1 N–H and O–H groups in total. The summed E-state index contributed by atoms with van der Waals surface area (Å²) >= 11 is 0. The van der Waals surface area contributed by atoms with Gasteiger partial charge in [-0.3, -0.25) is 14.3 Å². The van der Waals surface area contributed by atoms with E-state index in [0.717, 1.165) is 35.0 Å². The van der Waals surface area contributed by atoms with Crippen molar-refractivity contribution in [3.63, 3.8) is 0 Å². The summed E-state index contributed by atoms with van der Waals surface area (Å²) in [6.45, 7) is 8.45. The molecule has 1 aliphatic carbocycles. The van der Waals surface area contributed by atoms with E-state index in [9.17, 15) is 9.59 Å². The van der Waals surface area contributed by atoms with E-state index < -0.39 is 0 Å². The van der Waals surface area contributed by atoms with Crippen LogP contribution in [0.15, 0.2) is 36.5 Å². The van der Waals surface area contributed by atoms with Crippen molar-refractivity contribution < 1.29 is 9.59 Å². The number of hydrogen-bond donors (Lipinski definition) is 1. The molecule has 2 aromatic heterocycles. The number of aromatic amines is 1. The van der Waals surface area contributed by atoms with Gasteiger partial charge in [-0.1, -0.05) is 18.2 Å². The standard InChI is InChI=1S/C25H31N5O2/c1-25(2,3)30-22(15-21(27-30)17-8-9-17)24(32)29-12-10-28(11-13-29)23(31)14-18-16-26-20-7-5-4-6-19(18)20/h4-7,15-17,26H,8-14H2,1-3H3. The first-order chi connectivity index (χ1) is 15.3. The maximum Gasteiger partial charge on any atom is 0.272 e. The molecule has 0 bridgehead atoms. The fraction of sp³-hybridized carbons (Fsp3) is 0.480. The minimum atomic E-state index is -0.255. The molecule has 0 spiro atoms. The number of carbonyl (C=O) groups excluding carboxylic acids is 2. The molecule has 0 atom stereocenters. The summed E-state index contributed by atoms with van der Waals surface area (Å²) in [4.78, 5) is 33.3. The molecular weight excluding hydrogens is 402 g/mol. The number of nitrogens with zero attached hydrogens (tertiary/aromatic N) is 4. The number of para-hydroxylation sites is 1. The van der Waals surface area contributed by atoms with Crippen molar-refractivity contribution in [2.75, 3.05) is 26.2 Å². The highest BCUT2D eigenvalue weighted by Gasteiger charge is 2.33. The van der Waals surface area contributed by atoms with Gasteiger partial charge in [0.2, 0.25) is 5.91 Å². The summed E-state index contributed by atoms with van der Waals surface area (Å²) in [5.74, 6) is 0.629. The second kappa shape index (κ2) is 7.80. The Hall–Kier alpha value is -3.09. The van der Waals surface area contributed by atoms with Crippen LogP contribution in [0.3, 0.4) is 0 Å². The van der Waals surface area contributed by atoms with Crippen LogP contribution in [0.2, 0.25) is 0 Å². The van der Waals surface area contributed by atoms with Crippen LogP contribution in [0.1, 0.15) is 61.3 Å². The van der Waals surface area contributed by atoms with E-state index in [-0.39, 0.29) is 17.4 Å². The Balaban J connectivity index is 1.25. The molecule has 3 aromatic rings. The summed E-state index contributed by atoms with van der Waals surface area (Å²) in [6.07, 6.45) is 4.62. The number of benzene rings is 1. The normalized spacial score (nSPS) is 17.2. The van der Waals surface area contributed by atoms with Crippen molar-refractivity contribution in [1.29, 1.82) is 0 Å². The molecule has 1 saturated heterocycles. The lowest BCUT2D eigenvalue weighted by molar-refractivity contribution is -0.131. The number of H-pyrrole nitrogens is 1. The number of piperazine rings is 1.